The van der Waals surface area contributed by atoms with Gasteiger partial charge in [-0.1, -0.05) is 37.3 Å². The third kappa shape index (κ3) is 2.38. The quantitative estimate of drug-likeness (QED) is 0.815. The standard InChI is InChI=1S/C10H12ClFO2Si/c1-15(2,3)7-5-4-6(12)8(9(7)11)10(13)14/h4-5H,1-3H3,(H,13,14). The van der Waals surface area contributed by atoms with Gasteiger partial charge in [-0.25, -0.2) is 9.18 Å². The van der Waals surface area contributed by atoms with E-state index in [9.17, 15) is 9.18 Å². The average molecular weight is 247 g/mol. The molecule has 0 aliphatic rings. The summed E-state index contributed by atoms with van der Waals surface area (Å²) in [4.78, 5) is 10.8. The summed E-state index contributed by atoms with van der Waals surface area (Å²) < 4.78 is 13.2. The minimum atomic E-state index is -1.74. The molecular weight excluding hydrogens is 235 g/mol. The summed E-state index contributed by atoms with van der Waals surface area (Å²) in [5.74, 6) is -2.10. The van der Waals surface area contributed by atoms with Gasteiger partial charge in [-0.15, -0.1) is 0 Å². The molecule has 15 heavy (non-hydrogen) atoms. The highest BCUT2D eigenvalue weighted by Gasteiger charge is 2.25. The lowest BCUT2D eigenvalue weighted by molar-refractivity contribution is 0.0692. The molecule has 0 atom stereocenters. The Morgan fingerprint density at radius 3 is 2.33 bits per heavy atom. The number of benzene rings is 1. The van der Waals surface area contributed by atoms with Gasteiger partial charge in [0.05, 0.1) is 13.1 Å². The van der Waals surface area contributed by atoms with E-state index in [0.717, 1.165) is 5.19 Å². The maximum absolute atomic E-state index is 13.2. The average Bonchev–Trinajstić information content (AvgIpc) is 2.00. The molecule has 0 aliphatic carbocycles. The Kier molecular flexibility index (Phi) is 3.21. The van der Waals surface area contributed by atoms with Crippen molar-refractivity contribution in [3.8, 4) is 0 Å². The van der Waals surface area contributed by atoms with Gasteiger partial charge in [0, 0.05) is 0 Å². The Morgan fingerprint density at radius 2 is 1.93 bits per heavy atom. The highest BCUT2D eigenvalue weighted by molar-refractivity contribution is 6.90. The van der Waals surface area contributed by atoms with Crippen molar-refractivity contribution in [1.29, 1.82) is 0 Å². The number of carboxylic acids is 1. The molecule has 2 nitrogen and oxygen atoms in total. The third-order valence-corrected chi connectivity index (χ3v) is 4.70. The van der Waals surface area contributed by atoms with Crippen molar-refractivity contribution >= 4 is 30.8 Å². The molecule has 0 amide bonds. The second-order valence-corrected chi connectivity index (χ2v) is 9.76. The number of carboxylic acid groups (broad SMARTS) is 1. The van der Waals surface area contributed by atoms with E-state index in [1.807, 2.05) is 19.6 Å². The van der Waals surface area contributed by atoms with Crippen molar-refractivity contribution in [3.05, 3.63) is 28.5 Å². The molecule has 5 heteroatoms. The van der Waals surface area contributed by atoms with Crippen LogP contribution < -0.4 is 5.19 Å². The van der Waals surface area contributed by atoms with Crippen LogP contribution in [0.4, 0.5) is 4.39 Å². The second kappa shape index (κ2) is 3.94. The Morgan fingerprint density at radius 1 is 1.40 bits per heavy atom. The number of hydrogen-bond donors (Lipinski definition) is 1. The van der Waals surface area contributed by atoms with Crippen LogP contribution in [-0.4, -0.2) is 19.1 Å². The monoisotopic (exact) mass is 246 g/mol. The number of carbonyl (C=O) groups is 1. The minimum absolute atomic E-state index is 0.0432. The lowest BCUT2D eigenvalue weighted by Crippen LogP contribution is -2.39. The summed E-state index contributed by atoms with van der Waals surface area (Å²) in [6.45, 7) is 6.08. The second-order valence-electron chi connectivity index (χ2n) is 4.34. The SMILES string of the molecule is C[Si](C)(C)c1ccc(F)c(C(=O)O)c1Cl. The minimum Gasteiger partial charge on any atom is -0.478 e. The molecule has 1 rings (SSSR count). The molecule has 1 aromatic carbocycles. The predicted molar refractivity (Wildman–Crippen MR) is 61.3 cm³/mol. The topological polar surface area (TPSA) is 37.3 Å². The molecular formula is C10H12ClFO2Si. The van der Waals surface area contributed by atoms with Gasteiger partial charge in [0.2, 0.25) is 0 Å². The Labute approximate surface area is 93.7 Å². The Balaban J connectivity index is 3.49. The zero-order valence-electron chi connectivity index (χ0n) is 8.77. The fourth-order valence-corrected chi connectivity index (χ4v) is 3.78. The van der Waals surface area contributed by atoms with E-state index in [1.165, 1.54) is 6.07 Å². The normalized spacial score (nSPS) is 11.5. The van der Waals surface area contributed by atoms with E-state index < -0.39 is 25.4 Å². The fraction of sp³-hybridized carbons (Fsp3) is 0.300. The molecule has 0 bridgehead atoms. The van der Waals surface area contributed by atoms with Crippen LogP contribution in [-0.2, 0) is 0 Å². The van der Waals surface area contributed by atoms with Crippen LogP contribution in [0.1, 0.15) is 10.4 Å². The number of rotatable bonds is 2. The highest BCUT2D eigenvalue weighted by atomic mass is 35.5. The van der Waals surface area contributed by atoms with Crippen molar-refractivity contribution in [1.82, 2.24) is 0 Å². The van der Waals surface area contributed by atoms with E-state index in [0.29, 0.717) is 0 Å². The third-order valence-electron chi connectivity index (χ3n) is 2.11. The van der Waals surface area contributed by atoms with Crippen LogP contribution in [0, 0.1) is 5.82 Å². The molecule has 0 fully saturated rings. The van der Waals surface area contributed by atoms with Crippen molar-refractivity contribution in [2.45, 2.75) is 19.6 Å². The summed E-state index contributed by atoms with van der Waals surface area (Å²) in [6, 6.07) is 2.75. The van der Waals surface area contributed by atoms with Crippen LogP contribution in [0.15, 0.2) is 12.1 Å². The van der Waals surface area contributed by atoms with Gasteiger partial charge >= 0.3 is 5.97 Å². The molecule has 0 saturated heterocycles. The first-order chi connectivity index (χ1) is 6.75. The Hall–Kier alpha value is -0.873. The molecule has 0 heterocycles. The summed E-state index contributed by atoms with van der Waals surface area (Å²) in [5, 5.41) is 9.64. The van der Waals surface area contributed by atoms with Gasteiger partial charge in [-0.05, 0) is 11.3 Å². The van der Waals surface area contributed by atoms with E-state index in [4.69, 9.17) is 16.7 Å². The van der Waals surface area contributed by atoms with Crippen molar-refractivity contribution in [3.63, 3.8) is 0 Å². The van der Waals surface area contributed by atoms with Crippen LogP contribution in [0.5, 0.6) is 0 Å². The van der Waals surface area contributed by atoms with Gasteiger partial charge in [0.1, 0.15) is 11.4 Å². The fourth-order valence-electron chi connectivity index (χ4n) is 1.33. The van der Waals surface area contributed by atoms with E-state index in [2.05, 4.69) is 0 Å². The zero-order chi connectivity index (χ0) is 11.8. The number of hydrogen-bond acceptors (Lipinski definition) is 1. The number of aromatic carboxylic acids is 1. The van der Waals surface area contributed by atoms with Gasteiger partial charge in [-0.3, -0.25) is 0 Å². The first kappa shape index (κ1) is 12.2. The van der Waals surface area contributed by atoms with Crippen molar-refractivity contribution in [2.75, 3.05) is 0 Å². The molecule has 0 aliphatic heterocycles. The van der Waals surface area contributed by atoms with Crippen LogP contribution in [0.2, 0.25) is 24.7 Å². The van der Waals surface area contributed by atoms with Gasteiger partial charge in [-0.2, -0.15) is 0 Å². The highest BCUT2D eigenvalue weighted by Crippen LogP contribution is 2.20. The molecule has 0 aromatic heterocycles. The van der Waals surface area contributed by atoms with Crippen LogP contribution >= 0.6 is 11.6 Å². The molecule has 0 unspecified atom stereocenters. The van der Waals surface area contributed by atoms with Gasteiger partial charge in [0.25, 0.3) is 0 Å². The zero-order valence-corrected chi connectivity index (χ0v) is 10.5. The summed E-state index contributed by atoms with van der Waals surface area (Å²) >= 11 is 5.91. The van der Waals surface area contributed by atoms with Crippen molar-refractivity contribution < 1.29 is 14.3 Å². The van der Waals surface area contributed by atoms with E-state index in [1.54, 1.807) is 6.07 Å². The largest absolute Gasteiger partial charge is 0.478 e. The molecule has 82 valence electrons. The van der Waals surface area contributed by atoms with Gasteiger partial charge in [0.15, 0.2) is 0 Å². The molecule has 1 aromatic rings. The van der Waals surface area contributed by atoms with Crippen molar-refractivity contribution in [2.24, 2.45) is 0 Å². The maximum Gasteiger partial charge on any atom is 0.340 e. The molecule has 0 spiro atoms. The lowest BCUT2D eigenvalue weighted by atomic mass is 10.2. The lowest BCUT2D eigenvalue weighted by Gasteiger charge is -2.19. The molecule has 1 N–H and O–H groups in total. The predicted octanol–water partition coefficient (Wildman–Crippen LogP) is 2.72. The van der Waals surface area contributed by atoms with Gasteiger partial charge < -0.3 is 5.11 Å². The first-order valence-corrected chi connectivity index (χ1v) is 8.34. The first-order valence-electron chi connectivity index (χ1n) is 4.47. The van der Waals surface area contributed by atoms with Crippen LogP contribution in [0.25, 0.3) is 0 Å². The molecule has 0 saturated carbocycles. The van der Waals surface area contributed by atoms with E-state index in [-0.39, 0.29) is 5.02 Å². The van der Waals surface area contributed by atoms with E-state index >= 15 is 0 Å². The summed E-state index contributed by atoms with van der Waals surface area (Å²) in [7, 11) is -1.74. The maximum atomic E-state index is 13.2. The number of halogens is 2. The summed E-state index contributed by atoms with van der Waals surface area (Å²) in [5.41, 5.74) is -0.420. The molecule has 0 radical (unpaired) electrons. The smallest absolute Gasteiger partial charge is 0.340 e. The Bertz CT molecular complexity index is 413. The summed E-state index contributed by atoms with van der Waals surface area (Å²) in [6.07, 6.45) is 0. The van der Waals surface area contributed by atoms with Crippen LogP contribution in [0.3, 0.4) is 0 Å².